The highest BCUT2D eigenvalue weighted by Crippen LogP contribution is 2.35. The van der Waals surface area contributed by atoms with Crippen LogP contribution >= 0.6 is 11.3 Å². The molecule has 1 atom stereocenters. The van der Waals surface area contributed by atoms with Crippen molar-refractivity contribution in [2.75, 3.05) is 13.2 Å². The highest BCUT2D eigenvalue weighted by atomic mass is 32.1. The Kier molecular flexibility index (Phi) is 5.43. The molecule has 3 heterocycles. The molecule has 1 aliphatic rings. The van der Waals surface area contributed by atoms with E-state index in [9.17, 15) is 9.59 Å². The fourth-order valence-electron chi connectivity index (χ4n) is 3.41. The molecule has 0 saturated carbocycles. The Bertz CT molecular complexity index is 1460. The minimum Gasteiger partial charge on any atom is -0.490 e. The maximum absolute atomic E-state index is 12.9. The number of carbonyl (C=O) groups excluding carboxylic acids is 1. The summed E-state index contributed by atoms with van der Waals surface area (Å²) in [5, 5.41) is 4.36. The van der Waals surface area contributed by atoms with Crippen LogP contribution in [0.3, 0.4) is 0 Å². The van der Waals surface area contributed by atoms with Gasteiger partial charge in [-0.2, -0.15) is 9.50 Å². The molecular formula is C23H19N3O6S. The smallest absolute Gasteiger partial charge is 0.308 e. The Labute approximate surface area is 191 Å². The number of esters is 1. The van der Waals surface area contributed by atoms with Crippen LogP contribution in [0.5, 0.6) is 23.0 Å². The Morgan fingerprint density at radius 3 is 2.82 bits per heavy atom. The van der Waals surface area contributed by atoms with Gasteiger partial charge in [-0.05, 0) is 42.8 Å². The van der Waals surface area contributed by atoms with E-state index in [-0.39, 0.29) is 12.2 Å². The first-order valence-corrected chi connectivity index (χ1v) is 11.1. The maximum Gasteiger partial charge on any atom is 0.308 e. The minimum atomic E-state index is -0.499. The first-order valence-electron chi connectivity index (χ1n) is 10.3. The van der Waals surface area contributed by atoms with E-state index >= 15 is 0 Å². The second-order valence-corrected chi connectivity index (χ2v) is 8.19. The van der Waals surface area contributed by atoms with Crippen molar-refractivity contribution in [3.8, 4) is 23.0 Å². The molecule has 168 valence electrons. The second kappa shape index (κ2) is 8.55. The number of carbonyl (C=O) groups is 1. The molecule has 33 heavy (non-hydrogen) atoms. The summed E-state index contributed by atoms with van der Waals surface area (Å²) in [5.74, 6) is 1.99. The largest absolute Gasteiger partial charge is 0.490 e. The van der Waals surface area contributed by atoms with Gasteiger partial charge in [-0.25, -0.2) is 0 Å². The number of benzene rings is 2. The molecule has 2 aromatic heterocycles. The molecule has 0 spiro atoms. The highest BCUT2D eigenvalue weighted by molar-refractivity contribution is 7.15. The number of hydrogen-bond acceptors (Lipinski definition) is 9. The number of thiazole rings is 1. The number of fused-ring (bicyclic) bond motifs is 2. The maximum atomic E-state index is 12.9. The molecule has 0 aliphatic carbocycles. The predicted molar refractivity (Wildman–Crippen MR) is 120 cm³/mol. The molecule has 0 saturated heterocycles. The third-order valence-electron chi connectivity index (χ3n) is 4.81. The molecule has 1 unspecified atom stereocenters. The zero-order chi connectivity index (χ0) is 22.9. The topological polar surface area (TPSA) is 101 Å². The number of ether oxygens (including phenoxy) is 4. The molecule has 10 heteroatoms. The molecule has 0 amide bonds. The third kappa shape index (κ3) is 4.12. The summed E-state index contributed by atoms with van der Waals surface area (Å²) in [6.07, 6.45) is 1.22. The van der Waals surface area contributed by atoms with Crippen molar-refractivity contribution in [2.45, 2.75) is 20.0 Å². The number of hydrogen-bond donors (Lipinski definition) is 0. The van der Waals surface area contributed by atoms with Crippen LogP contribution in [-0.4, -0.2) is 33.8 Å². The van der Waals surface area contributed by atoms with E-state index in [1.807, 2.05) is 31.2 Å². The molecule has 1 aliphatic heterocycles. The van der Waals surface area contributed by atoms with Crippen LogP contribution in [0.2, 0.25) is 0 Å². The van der Waals surface area contributed by atoms with Crippen LogP contribution in [0.4, 0.5) is 0 Å². The summed E-state index contributed by atoms with van der Waals surface area (Å²) in [6, 6.07) is 12.5. The minimum absolute atomic E-state index is 0.261. The molecule has 0 fully saturated rings. The summed E-state index contributed by atoms with van der Waals surface area (Å²) in [5.41, 5.74) is 0.435. The van der Waals surface area contributed by atoms with Gasteiger partial charge in [0, 0.05) is 6.92 Å². The van der Waals surface area contributed by atoms with Gasteiger partial charge in [0.05, 0.1) is 11.1 Å². The molecule has 4 aromatic rings. The summed E-state index contributed by atoms with van der Waals surface area (Å²) in [6.45, 7) is 3.82. The molecular weight excluding hydrogens is 446 g/mol. The molecule has 2 aromatic carbocycles. The van der Waals surface area contributed by atoms with Crippen molar-refractivity contribution < 1.29 is 23.7 Å². The van der Waals surface area contributed by atoms with Crippen molar-refractivity contribution in [3.63, 3.8) is 0 Å². The first kappa shape index (κ1) is 21.0. The normalized spacial score (nSPS) is 15.6. The summed E-state index contributed by atoms with van der Waals surface area (Å²) in [7, 11) is 0. The van der Waals surface area contributed by atoms with Crippen LogP contribution in [0.1, 0.15) is 31.3 Å². The lowest BCUT2D eigenvalue weighted by Crippen LogP contribution is -2.26. The Balaban J connectivity index is 1.45. The van der Waals surface area contributed by atoms with Gasteiger partial charge in [-0.15, -0.1) is 5.10 Å². The fourth-order valence-corrected chi connectivity index (χ4v) is 4.32. The van der Waals surface area contributed by atoms with Crippen LogP contribution in [-0.2, 0) is 4.79 Å². The third-order valence-corrected chi connectivity index (χ3v) is 5.77. The van der Waals surface area contributed by atoms with Crippen LogP contribution in [0.25, 0.3) is 11.0 Å². The molecule has 0 bridgehead atoms. The van der Waals surface area contributed by atoms with E-state index in [0.29, 0.717) is 44.9 Å². The monoisotopic (exact) mass is 465 g/mol. The zero-order valence-corrected chi connectivity index (χ0v) is 18.6. The van der Waals surface area contributed by atoms with E-state index in [4.69, 9.17) is 18.9 Å². The standard InChI is InChI=1S/C23H19N3O6S/c1-3-29-18-10-14(8-9-17(18)31-13(2)27)11-20-22(28)26-23(33-20)24-21(25-26)19-12-30-15-6-4-5-7-16(15)32-19/h4-11,19H,3,12H2,1-2H3/b20-11+. The summed E-state index contributed by atoms with van der Waals surface area (Å²) in [4.78, 5) is 29.2. The van der Waals surface area contributed by atoms with Gasteiger partial charge in [0.15, 0.2) is 34.9 Å². The van der Waals surface area contributed by atoms with Gasteiger partial charge in [0.25, 0.3) is 5.56 Å². The molecule has 5 rings (SSSR count). The van der Waals surface area contributed by atoms with Gasteiger partial charge in [0.1, 0.15) is 6.61 Å². The number of nitrogens with zero attached hydrogens (tertiary/aromatic N) is 3. The van der Waals surface area contributed by atoms with E-state index < -0.39 is 12.1 Å². The van der Waals surface area contributed by atoms with Crippen molar-refractivity contribution in [3.05, 3.63) is 68.7 Å². The molecule has 0 N–H and O–H groups in total. The SMILES string of the molecule is CCOc1cc(/C=c2/sc3nc(C4COc5ccccc5O4)nn3c2=O)ccc1OC(C)=O. The first-order chi connectivity index (χ1) is 16.0. The van der Waals surface area contributed by atoms with E-state index in [1.54, 1.807) is 24.3 Å². The van der Waals surface area contributed by atoms with E-state index in [2.05, 4.69) is 10.1 Å². The molecule has 9 nitrogen and oxygen atoms in total. The quantitative estimate of drug-likeness (QED) is 0.327. The van der Waals surface area contributed by atoms with E-state index in [0.717, 1.165) is 5.56 Å². The average molecular weight is 465 g/mol. The lowest BCUT2D eigenvalue weighted by atomic mass is 10.2. The zero-order valence-electron chi connectivity index (χ0n) is 17.8. The Hall–Kier alpha value is -3.92. The lowest BCUT2D eigenvalue weighted by molar-refractivity contribution is -0.132. The van der Waals surface area contributed by atoms with Gasteiger partial charge in [0.2, 0.25) is 4.96 Å². The average Bonchev–Trinajstić information content (AvgIpc) is 3.34. The van der Waals surface area contributed by atoms with Crippen LogP contribution < -0.4 is 29.0 Å². The Morgan fingerprint density at radius 2 is 2.06 bits per heavy atom. The number of aromatic nitrogens is 3. The van der Waals surface area contributed by atoms with Gasteiger partial charge in [-0.3, -0.25) is 9.59 Å². The van der Waals surface area contributed by atoms with Crippen LogP contribution in [0.15, 0.2) is 47.3 Å². The van der Waals surface area contributed by atoms with Gasteiger partial charge >= 0.3 is 5.97 Å². The van der Waals surface area contributed by atoms with Gasteiger partial charge in [-0.1, -0.05) is 29.5 Å². The number of rotatable bonds is 5. The number of para-hydroxylation sites is 2. The fraction of sp³-hybridized carbons (Fsp3) is 0.217. The second-order valence-electron chi connectivity index (χ2n) is 7.18. The van der Waals surface area contributed by atoms with Crippen LogP contribution in [0, 0.1) is 0 Å². The predicted octanol–water partition coefficient (Wildman–Crippen LogP) is 2.54. The van der Waals surface area contributed by atoms with Crippen molar-refractivity contribution in [2.24, 2.45) is 0 Å². The van der Waals surface area contributed by atoms with Crippen molar-refractivity contribution >= 4 is 28.3 Å². The van der Waals surface area contributed by atoms with Crippen molar-refractivity contribution in [1.29, 1.82) is 0 Å². The highest BCUT2D eigenvalue weighted by Gasteiger charge is 2.27. The molecule has 0 radical (unpaired) electrons. The summed E-state index contributed by atoms with van der Waals surface area (Å²) < 4.78 is 24.1. The van der Waals surface area contributed by atoms with E-state index in [1.165, 1.54) is 22.8 Å². The van der Waals surface area contributed by atoms with Crippen molar-refractivity contribution in [1.82, 2.24) is 14.6 Å². The lowest BCUT2D eigenvalue weighted by Gasteiger charge is -2.24. The van der Waals surface area contributed by atoms with Gasteiger partial charge < -0.3 is 18.9 Å². The summed E-state index contributed by atoms with van der Waals surface area (Å²) >= 11 is 1.22. The Morgan fingerprint density at radius 1 is 1.24 bits per heavy atom.